The summed E-state index contributed by atoms with van der Waals surface area (Å²) in [6.45, 7) is 8.33. The number of hydrogen-bond acceptors (Lipinski definition) is 14. The molecule has 0 unspecified atom stereocenters. The summed E-state index contributed by atoms with van der Waals surface area (Å²) in [5, 5.41) is 0. The normalized spacial score (nSPS) is 14.3. The van der Waals surface area contributed by atoms with Crippen molar-refractivity contribution in [2.75, 3.05) is 9.80 Å². The van der Waals surface area contributed by atoms with Crippen LogP contribution in [0, 0.1) is 0 Å². The molecule has 4 amide bonds. The number of nitrogens with zero attached hydrogens (tertiary/aromatic N) is 2. The Bertz CT molecular complexity index is 4080. The van der Waals surface area contributed by atoms with E-state index in [-0.39, 0.29) is 55.9 Å². The molecule has 4 aliphatic rings. The first-order valence-corrected chi connectivity index (χ1v) is 26.5. The Morgan fingerprint density at radius 2 is 0.524 bits per heavy atom. The average Bonchev–Trinajstić information content (AvgIpc) is 3.96. The van der Waals surface area contributed by atoms with E-state index in [1.54, 1.807) is 42.5 Å². The van der Waals surface area contributed by atoms with Crippen molar-refractivity contribution in [3.63, 3.8) is 0 Å². The highest BCUT2D eigenvalue weighted by molar-refractivity contribution is 6.36. The lowest BCUT2D eigenvalue weighted by Gasteiger charge is -2.26. The molecule has 0 aromatic heterocycles. The molecular formula is C68H44N2O14. The van der Waals surface area contributed by atoms with E-state index in [0.29, 0.717) is 46.0 Å². The molecule has 4 aliphatic heterocycles. The molecule has 9 aromatic rings. The van der Waals surface area contributed by atoms with Gasteiger partial charge in [0.2, 0.25) is 0 Å². The number of fused-ring (bicyclic) bond motifs is 4. The zero-order chi connectivity index (χ0) is 58.3. The summed E-state index contributed by atoms with van der Waals surface area (Å²) in [6, 6.07) is 54.8. The van der Waals surface area contributed by atoms with E-state index in [9.17, 15) is 38.4 Å². The third-order valence-electron chi connectivity index (χ3n) is 15.5. The zero-order valence-electron chi connectivity index (χ0n) is 45.1. The van der Waals surface area contributed by atoms with Gasteiger partial charge in [-0.05, 0) is 162 Å². The predicted octanol–water partition coefficient (Wildman–Crippen LogP) is 13.7. The summed E-state index contributed by atoms with van der Waals surface area (Å²) < 4.78 is 33.7. The molecule has 0 aliphatic carbocycles. The number of imide groups is 2. The fourth-order valence-corrected chi connectivity index (χ4v) is 10.7. The maximum atomic E-state index is 14.1. The molecule has 0 radical (unpaired) electrons. The van der Waals surface area contributed by atoms with Gasteiger partial charge in [0.1, 0.15) is 46.0 Å². The van der Waals surface area contributed by atoms with Crippen LogP contribution in [0.3, 0.4) is 0 Å². The van der Waals surface area contributed by atoms with E-state index in [1.165, 1.54) is 54.6 Å². The number of ether oxygens (including phenoxy) is 6. The molecule has 0 fully saturated rings. The van der Waals surface area contributed by atoms with Crippen LogP contribution in [0.15, 0.2) is 194 Å². The first-order chi connectivity index (χ1) is 40.4. The van der Waals surface area contributed by atoms with Gasteiger partial charge in [-0.2, -0.15) is 0 Å². The number of cyclic esters (lactones) is 4. The molecule has 0 N–H and O–H groups in total. The zero-order valence-corrected chi connectivity index (χ0v) is 45.1. The van der Waals surface area contributed by atoms with E-state index in [1.807, 2.05) is 97.1 Å². The van der Waals surface area contributed by atoms with Crippen LogP contribution >= 0.6 is 0 Å². The van der Waals surface area contributed by atoms with E-state index in [2.05, 4.69) is 37.2 Å². The topological polar surface area (TPSA) is 198 Å². The van der Waals surface area contributed by atoms with Gasteiger partial charge in [0, 0.05) is 10.8 Å². The predicted molar refractivity (Wildman–Crippen MR) is 304 cm³/mol. The lowest BCUT2D eigenvalue weighted by molar-refractivity contribution is 0.0425. The highest BCUT2D eigenvalue weighted by Crippen LogP contribution is 2.41. The van der Waals surface area contributed by atoms with Gasteiger partial charge < -0.3 is 28.4 Å². The highest BCUT2D eigenvalue weighted by Gasteiger charge is 2.41. The first kappa shape index (κ1) is 52.1. The molecule has 84 heavy (non-hydrogen) atoms. The number of amides is 4. The minimum Gasteiger partial charge on any atom is -0.457 e. The molecule has 4 heterocycles. The number of rotatable bonds is 14. The summed E-state index contributed by atoms with van der Waals surface area (Å²) >= 11 is 0. The summed E-state index contributed by atoms with van der Waals surface area (Å²) in [4.78, 5) is 106. The molecule has 9 aromatic carbocycles. The number of carbonyl (C=O) groups excluding carboxylic acids is 8. The SMILES string of the molecule is CC(C)(c1ccc(Oc2ccc3c(c2)C(=O)OC3=O)cc1)c1ccc(Oc2ccc3c(c2)C(=O)N(c2cccc(N4C(=O)c5ccc(Oc6ccc(C(C)(C)c7ccc(Oc8ccc9c(c8)C(=O)OC9=O)cc7)cc6)cc5C4=O)c2)C3=O)cc1. The lowest BCUT2D eigenvalue weighted by Crippen LogP contribution is -2.31. The molecule has 16 nitrogen and oxygen atoms in total. The van der Waals surface area contributed by atoms with Crippen molar-refractivity contribution in [2.24, 2.45) is 0 Å². The Kier molecular flexibility index (Phi) is 12.3. The second-order valence-corrected chi connectivity index (χ2v) is 21.4. The molecule has 0 saturated heterocycles. The van der Waals surface area contributed by atoms with Crippen molar-refractivity contribution in [3.05, 3.63) is 261 Å². The first-order valence-electron chi connectivity index (χ1n) is 26.5. The molecular weight excluding hydrogens is 1070 g/mol. The van der Waals surface area contributed by atoms with Crippen LogP contribution in [0.1, 0.15) is 133 Å². The van der Waals surface area contributed by atoms with Gasteiger partial charge in [-0.3, -0.25) is 19.2 Å². The Balaban J connectivity index is 0.639. The quantitative estimate of drug-likeness (QED) is 0.0566. The molecule has 13 rings (SSSR count). The van der Waals surface area contributed by atoms with E-state index in [4.69, 9.17) is 18.9 Å². The van der Waals surface area contributed by atoms with Gasteiger partial charge in [-0.15, -0.1) is 0 Å². The summed E-state index contributed by atoms with van der Waals surface area (Å²) in [5.41, 5.74) is 4.68. The number of hydrogen-bond donors (Lipinski definition) is 0. The Hall–Kier alpha value is -11.3. The van der Waals surface area contributed by atoms with Gasteiger partial charge in [-0.1, -0.05) is 82.3 Å². The van der Waals surface area contributed by atoms with Crippen LogP contribution in [0.5, 0.6) is 46.0 Å². The van der Waals surface area contributed by atoms with E-state index >= 15 is 0 Å². The maximum Gasteiger partial charge on any atom is 0.347 e. The van der Waals surface area contributed by atoms with Crippen LogP contribution < -0.4 is 28.7 Å². The number of anilines is 2. The van der Waals surface area contributed by atoms with Crippen LogP contribution in [-0.2, 0) is 20.3 Å². The van der Waals surface area contributed by atoms with E-state index < -0.39 is 58.3 Å². The van der Waals surface area contributed by atoms with Crippen LogP contribution in [-0.4, -0.2) is 47.5 Å². The van der Waals surface area contributed by atoms with Crippen molar-refractivity contribution in [1.29, 1.82) is 0 Å². The van der Waals surface area contributed by atoms with Gasteiger partial charge in [0.15, 0.2) is 0 Å². The van der Waals surface area contributed by atoms with Gasteiger partial charge in [-0.25, -0.2) is 29.0 Å². The summed E-state index contributed by atoms with van der Waals surface area (Å²) in [5.74, 6) is -1.65. The fraction of sp³-hybridized carbons (Fsp3) is 0.0882. The molecule has 0 atom stereocenters. The Labute approximate surface area is 478 Å². The van der Waals surface area contributed by atoms with Crippen molar-refractivity contribution < 1.29 is 66.8 Å². The molecule has 0 saturated carbocycles. The van der Waals surface area contributed by atoms with Gasteiger partial charge in [0.25, 0.3) is 23.6 Å². The minimum atomic E-state index is -0.708. The Morgan fingerprint density at radius 1 is 0.274 bits per heavy atom. The molecule has 0 spiro atoms. The number of carbonyl (C=O) groups is 8. The van der Waals surface area contributed by atoms with Crippen molar-refractivity contribution in [3.8, 4) is 46.0 Å². The Morgan fingerprint density at radius 3 is 0.833 bits per heavy atom. The van der Waals surface area contributed by atoms with E-state index in [0.717, 1.165) is 32.1 Å². The number of esters is 4. The van der Waals surface area contributed by atoms with Crippen molar-refractivity contribution in [2.45, 2.75) is 38.5 Å². The van der Waals surface area contributed by atoms with Crippen molar-refractivity contribution >= 4 is 58.9 Å². The number of benzene rings is 9. The second-order valence-electron chi connectivity index (χ2n) is 21.4. The molecule has 410 valence electrons. The van der Waals surface area contributed by atoms with Crippen molar-refractivity contribution in [1.82, 2.24) is 0 Å². The smallest absolute Gasteiger partial charge is 0.347 e. The van der Waals surface area contributed by atoms with Gasteiger partial charge >= 0.3 is 23.9 Å². The average molecular weight is 1110 g/mol. The summed E-state index contributed by atoms with van der Waals surface area (Å²) in [6.07, 6.45) is 0. The standard InChI is InChI=1S/C68H44N2O14/c1-67(2,39-12-20-45(21-13-39)81-49-26-30-53-57(35-49)65(77)83-63(53)75)37-8-16-43(17-9-37)79-47-24-28-51-55(33-47)61(73)69(59(51)71)41-6-5-7-42(32-41)70-60(72)52-29-25-48(34-56(52)62(70)74)80-44-18-10-38(11-19-44)68(3,4)40-14-22-46(23-15-40)82-50-27-31-54-58(36-50)66(78)84-64(54)76/h5-36H,1-4H3. The monoisotopic (exact) mass is 1110 g/mol. The maximum absolute atomic E-state index is 14.1. The third-order valence-corrected chi connectivity index (χ3v) is 15.5. The third kappa shape index (κ3) is 9.07. The molecule has 0 bridgehead atoms. The van der Waals surface area contributed by atoms with Gasteiger partial charge in [0.05, 0.1) is 55.9 Å². The second kappa shape index (κ2) is 19.8. The van der Waals surface area contributed by atoms with Crippen LogP contribution in [0.25, 0.3) is 0 Å². The largest absolute Gasteiger partial charge is 0.457 e. The molecule has 16 heteroatoms. The fourth-order valence-electron chi connectivity index (χ4n) is 10.7. The summed E-state index contributed by atoms with van der Waals surface area (Å²) in [7, 11) is 0. The minimum absolute atomic E-state index is 0.122. The van der Waals surface area contributed by atoms with Crippen LogP contribution in [0.2, 0.25) is 0 Å². The van der Waals surface area contributed by atoms with Crippen LogP contribution in [0.4, 0.5) is 11.4 Å². The highest BCUT2D eigenvalue weighted by atomic mass is 16.6. The lowest BCUT2D eigenvalue weighted by atomic mass is 9.78.